The van der Waals surface area contributed by atoms with E-state index in [1.165, 1.54) is 12.5 Å². The van der Waals surface area contributed by atoms with E-state index in [9.17, 15) is 14.7 Å². The van der Waals surface area contributed by atoms with E-state index < -0.39 is 5.97 Å². The highest BCUT2D eigenvalue weighted by atomic mass is 16.4. The summed E-state index contributed by atoms with van der Waals surface area (Å²) >= 11 is 0. The topological polar surface area (TPSA) is 121 Å². The lowest BCUT2D eigenvalue weighted by Crippen LogP contribution is -2.15. The van der Waals surface area contributed by atoms with Gasteiger partial charge in [-0.25, -0.2) is 14.8 Å². The maximum atomic E-state index is 12.4. The number of hydrogen-bond donors (Lipinski definition) is 3. The highest BCUT2D eigenvalue weighted by Crippen LogP contribution is 2.29. The van der Waals surface area contributed by atoms with Crippen LogP contribution in [-0.4, -0.2) is 31.9 Å². The second-order valence-corrected chi connectivity index (χ2v) is 6.21. The minimum absolute atomic E-state index is 0.0171. The number of nitrogens with zero attached hydrogens (tertiary/aromatic N) is 2. The SMILES string of the molecule is O=C(Cc1ncco1)Nc1ccnc2[nH]cc(/C=C(/C(=O)O)c3ccccc3)c12. The molecule has 0 radical (unpaired) electrons. The molecule has 8 heteroatoms. The molecule has 0 aliphatic carbocycles. The van der Waals surface area contributed by atoms with E-state index in [1.807, 2.05) is 6.07 Å². The summed E-state index contributed by atoms with van der Waals surface area (Å²) in [6, 6.07) is 10.5. The summed E-state index contributed by atoms with van der Waals surface area (Å²) < 4.78 is 5.10. The standard InChI is InChI=1S/C21H16N4O4/c26-17(11-18-22-8-9-29-18)25-16-6-7-23-20-19(16)14(12-24-20)10-15(21(27)28)13-4-2-1-3-5-13/h1-10,12H,11H2,(H,27,28)(H2,23,24,25,26)/b15-10+. The van der Waals surface area contributed by atoms with E-state index in [0.717, 1.165) is 0 Å². The highest BCUT2D eigenvalue weighted by molar-refractivity contribution is 6.22. The fraction of sp³-hybridized carbons (Fsp3) is 0.0476. The molecule has 0 unspecified atom stereocenters. The van der Waals surface area contributed by atoms with Gasteiger partial charge in [-0.3, -0.25) is 4.79 Å². The average molecular weight is 388 g/mol. The van der Waals surface area contributed by atoms with E-state index in [0.29, 0.717) is 33.7 Å². The molecule has 3 heterocycles. The summed E-state index contributed by atoms with van der Waals surface area (Å²) in [6.07, 6.45) is 7.63. The Hall–Kier alpha value is -4.20. The van der Waals surface area contributed by atoms with Crippen molar-refractivity contribution in [3.05, 3.63) is 78.3 Å². The van der Waals surface area contributed by atoms with E-state index in [4.69, 9.17) is 4.42 Å². The molecule has 0 aliphatic heterocycles. The molecule has 4 aromatic rings. The van der Waals surface area contributed by atoms with Crippen molar-refractivity contribution in [2.24, 2.45) is 0 Å². The van der Waals surface area contributed by atoms with Gasteiger partial charge >= 0.3 is 5.97 Å². The van der Waals surface area contributed by atoms with Crippen LogP contribution in [0, 0.1) is 0 Å². The van der Waals surface area contributed by atoms with Crippen LogP contribution in [0.4, 0.5) is 5.69 Å². The first-order chi connectivity index (χ1) is 14.1. The molecule has 1 amide bonds. The Morgan fingerprint density at radius 3 is 2.69 bits per heavy atom. The van der Waals surface area contributed by atoms with E-state index in [1.54, 1.807) is 48.8 Å². The van der Waals surface area contributed by atoms with Gasteiger partial charge in [0.1, 0.15) is 18.3 Å². The van der Waals surface area contributed by atoms with Crippen molar-refractivity contribution in [3.63, 3.8) is 0 Å². The summed E-state index contributed by atoms with van der Waals surface area (Å²) in [4.78, 5) is 35.4. The molecule has 4 rings (SSSR count). The van der Waals surface area contributed by atoms with Crippen LogP contribution in [0.15, 0.2) is 65.7 Å². The molecule has 8 nitrogen and oxygen atoms in total. The molecule has 0 atom stereocenters. The minimum atomic E-state index is -1.05. The van der Waals surface area contributed by atoms with Crippen LogP contribution in [0.25, 0.3) is 22.7 Å². The quantitative estimate of drug-likeness (QED) is 0.436. The fourth-order valence-electron chi connectivity index (χ4n) is 3.01. The maximum Gasteiger partial charge on any atom is 0.336 e. The lowest BCUT2D eigenvalue weighted by Gasteiger charge is -2.07. The maximum absolute atomic E-state index is 12.4. The first kappa shape index (κ1) is 18.2. The van der Waals surface area contributed by atoms with Gasteiger partial charge in [0, 0.05) is 23.3 Å². The first-order valence-corrected chi connectivity index (χ1v) is 8.76. The van der Waals surface area contributed by atoms with Crippen molar-refractivity contribution in [3.8, 4) is 0 Å². The first-order valence-electron chi connectivity index (χ1n) is 8.76. The molecule has 0 saturated heterocycles. The molecule has 0 saturated carbocycles. The van der Waals surface area contributed by atoms with Crippen LogP contribution in [0.2, 0.25) is 0 Å². The summed E-state index contributed by atoms with van der Waals surface area (Å²) in [5, 5.41) is 13.1. The van der Waals surface area contributed by atoms with Crippen LogP contribution < -0.4 is 5.32 Å². The number of hydrogen-bond acceptors (Lipinski definition) is 5. The third-order valence-electron chi connectivity index (χ3n) is 4.29. The smallest absolute Gasteiger partial charge is 0.336 e. The van der Waals surface area contributed by atoms with Gasteiger partial charge in [-0.2, -0.15) is 0 Å². The number of aliphatic carboxylic acids is 1. The van der Waals surface area contributed by atoms with Gasteiger partial charge in [-0.05, 0) is 17.7 Å². The number of amides is 1. The predicted octanol–water partition coefficient (Wildman–Crippen LogP) is 3.36. The zero-order valence-corrected chi connectivity index (χ0v) is 15.1. The van der Waals surface area contributed by atoms with E-state index in [2.05, 4.69) is 20.3 Å². The minimum Gasteiger partial charge on any atom is -0.478 e. The Morgan fingerprint density at radius 2 is 1.97 bits per heavy atom. The number of carbonyl (C=O) groups excluding carboxylic acids is 1. The fourth-order valence-corrected chi connectivity index (χ4v) is 3.01. The Kier molecular flexibility index (Phi) is 4.90. The van der Waals surface area contributed by atoms with Gasteiger partial charge in [0.05, 0.1) is 17.5 Å². The van der Waals surface area contributed by atoms with E-state index >= 15 is 0 Å². The van der Waals surface area contributed by atoms with Crippen LogP contribution in [-0.2, 0) is 16.0 Å². The molecule has 0 spiro atoms. The average Bonchev–Trinajstić information content (AvgIpc) is 3.37. The Balaban J connectivity index is 1.72. The molecule has 0 aliphatic rings. The Bertz CT molecular complexity index is 1190. The highest BCUT2D eigenvalue weighted by Gasteiger charge is 2.16. The zero-order valence-electron chi connectivity index (χ0n) is 15.1. The summed E-state index contributed by atoms with van der Waals surface area (Å²) in [5.41, 5.74) is 2.35. The van der Waals surface area contributed by atoms with Crippen LogP contribution in [0.5, 0.6) is 0 Å². The van der Waals surface area contributed by atoms with Crippen LogP contribution in [0.1, 0.15) is 17.0 Å². The van der Waals surface area contributed by atoms with Gasteiger partial charge < -0.3 is 19.8 Å². The number of oxazole rings is 1. The lowest BCUT2D eigenvalue weighted by molar-refractivity contribution is -0.130. The van der Waals surface area contributed by atoms with Crippen LogP contribution >= 0.6 is 0 Å². The normalized spacial score (nSPS) is 11.5. The Labute approximate surface area is 164 Å². The molecule has 144 valence electrons. The van der Waals surface area contributed by atoms with Crippen molar-refractivity contribution in [1.82, 2.24) is 15.0 Å². The molecule has 1 aromatic carbocycles. The predicted molar refractivity (Wildman–Crippen MR) is 107 cm³/mol. The number of aromatic amines is 1. The molecule has 0 fully saturated rings. The number of pyridine rings is 1. The van der Waals surface area contributed by atoms with Gasteiger partial charge in [0.15, 0.2) is 0 Å². The van der Waals surface area contributed by atoms with Gasteiger partial charge in [-0.1, -0.05) is 30.3 Å². The van der Waals surface area contributed by atoms with Crippen molar-refractivity contribution >= 4 is 40.2 Å². The van der Waals surface area contributed by atoms with Gasteiger partial charge in [-0.15, -0.1) is 0 Å². The Morgan fingerprint density at radius 1 is 1.14 bits per heavy atom. The second-order valence-electron chi connectivity index (χ2n) is 6.21. The molecule has 29 heavy (non-hydrogen) atoms. The lowest BCUT2D eigenvalue weighted by atomic mass is 10.0. The van der Waals surface area contributed by atoms with Gasteiger partial charge in [0.25, 0.3) is 0 Å². The summed E-state index contributed by atoms with van der Waals surface area (Å²) in [7, 11) is 0. The largest absolute Gasteiger partial charge is 0.478 e. The number of fused-ring (bicyclic) bond motifs is 1. The van der Waals surface area contributed by atoms with Crippen molar-refractivity contribution in [1.29, 1.82) is 0 Å². The summed E-state index contributed by atoms with van der Waals surface area (Å²) in [5.74, 6) is -1.05. The number of nitrogens with one attached hydrogen (secondary N) is 2. The number of H-pyrrole nitrogens is 1. The third-order valence-corrected chi connectivity index (χ3v) is 4.29. The number of rotatable bonds is 6. The second kappa shape index (κ2) is 7.81. The molecular formula is C21H16N4O4. The number of benzene rings is 1. The number of carbonyl (C=O) groups is 2. The third kappa shape index (κ3) is 3.91. The molecular weight excluding hydrogens is 372 g/mol. The van der Waals surface area contributed by atoms with Gasteiger partial charge in [0.2, 0.25) is 11.8 Å². The number of carboxylic acids is 1. The monoisotopic (exact) mass is 388 g/mol. The van der Waals surface area contributed by atoms with Crippen molar-refractivity contribution < 1.29 is 19.1 Å². The summed E-state index contributed by atoms with van der Waals surface area (Å²) in [6.45, 7) is 0. The van der Waals surface area contributed by atoms with E-state index in [-0.39, 0.29) is 17.9 Å². The molecule has 3 aromatic heterocycles. The molecule has 0 bridgehead atoms. The number of anilines is 1. The van der Waals surface area contributed by atoms with Crippen LogP contribution in [0.3, 0.4) is 0 Å². The molecule has 3 N–H and O–H groups in total. The van der Waals surface area contributed by atoms with Crippen molar-refractivity contribution in [2.75, 3.05) is 5.32 Å². The van der Waals surface area contributed by atoms with Crippen molar-refractivity contribution in [2.45, 2.75) is 6.42 Å². The zero-order chi connectivity index (χ0) is 20.2. The number of carboxylic acid groups (broad SMARTS) is 1. The number of aromatic nitrogens is 3.